The molecule has 3 fully saturated rings. The van der Waals surface area contributed by atoms with Crippen molar-refractivity contribution in [1.29, 1.82) is 5.26 Å². The van der Waals surface area contributed by atoms with Crippen LogP contribution in [0.2, 0.25) is 4.31 Å². The average molecular weight is 1040 g/mol. The van der Waals surface area contributed by atoms with E-state index in [0.29, 0.717) is 22.6 Å². The Hall–Kier alpha value is -5.94. The monoisotopic (exact) mass is 1050 g/mol. The first-order valence-electron chi connectivity index (χ1n) is 22.4. The van der Waals surface area contributed by atoms with E-state index in [9.17, 15) is 34.1 Å². The van der Waals surface area contributed by atoms with Gasteiger partial charge in [-0.2, -0.15) is 5.26 Å². The topological polar surface area (TPSA) is 239 Å². The van der Waals surface area contributed by atoms with Crippen LogP contribution in [0.3, 0.4) is 0 Å². The standard InChI is InChI=1S/C49H52N5O14PSe/c1-48(70-37-13-8-5-9-14-37)31-54(47(59)52-45(48)57)43-27-38(55)40(66-43)30-65-69(60,64-26-10-24-50)68-39-28-44(53-25-23-42(56)51-46(53)58)67-41(39)29-63-49(32-11-6-4-7-12-32,33-15-19-35(61-2)20-16-33)34-17-21-36(62-3)22-18-34/h4-9,11-23,25,38-41,43-44,55H,10,26-31H2,1-3H3,(H,51,56,58)(H,52,57,59)/t38-,39-,40+,41+,43+,44+,48+,69?/m0/s1. The Morgan fingerprint density at radius 2 is 1.43 bits per heavy atom. The second-order valence-corrected chi connectivity index (χ2v) is 21.7. The first kappa shape index (κ1) is 50.4. The van der Waals surface area contributed by atoms with Gasteiger partial charge in [0.05, 0.1) is 26.9 Å². The van der Waals surface area contributed by atoms with Crippen LogP contribution in [0.5, 0.6) is 11.5 Å². The van der Waals surface area contributed by atoms with Gasteiger partial charge in [-0.1, -0.05) is 54.6 Å². The Morgan fingerprint density at radius 3 is 2.04 bits per heavy atom. The summed E-state index contributed by atoms with van der Waals surface area (Å²) in [7, 11) is -1.60. The first-order chi connectivity index (χ1) is 33.8. The molecule has 70 heavy (non-hydrogen) atoms. The number of ether oxygens (including phenoxy) is 5. The summed E-state index contributed by atoms with van der Waals surface area (Å²) < 4.78 is 64.8. The number of nitrogens with one attached hydrogen (secondary N) is 2. The van der Waals surface area contributed by atoms with Crippen molar-refractivity contribution in [3.8, 4) is 17.6 Å². The third kappa shape index (κ3) is 11.1. The number of aromatic nitrogens is 2. The molecule has 21 heteroatoms. The number of benzene rings is 4. The molecule has 3 saturated heterocycles. The minimum absolute atomic E-state index is 0.0174. The third-order valence-corrected chi connectivity index (χ3v) is 16.3. The number of aromatic amines is 1. The number of carbonyl (C=O) groups is 2. The summed E-state index contributed by atoms with van der Waals surface area (Å²) in [5.41, 5.74) is -0.607. The molecule has 0 spiro atoms. The molecule has 4 aromatic carbocycles. The smallest absolute Gasteiger partial charge is 0.118 e. The number of phosphoric acid groups is 1. The van der Waals surface area contributed by atoms with Crippen molar-refractivity contribution in [1.82, 2.24) is 19.8 Å². The second kappa shape index (κ2) is 22.0. The summed E-state index contributed by atoms with van der Waals surface area (Å²) in [5, 5.41) is 23.1. The quantitative estimate of drug-likeness (QED) is 0.0420. The maximum absolute atomic E-state index is 14.9. The van der Waals surface area contributed by atoms with E-state index in [0.717, 1.165) is 20.7 Å². The molecule has 3 N–H and O–H groups in total. The molecule has 3 amide bonds. The number of rotatable bonds is 20. The van der Waals surface area contributed by atoms with E-state index in [1.165, 1.54) is 11.1 Å². The first-order valence-corrected chi connectivity index (χ1v) is 25.5. The molecule has 0 bridgehead atoms. The van der Waals surface area contributed by atoms with Gasteiger partial charge in [0.1, 0.15) is 23.3 Å². The van der Waals surface area contributed by atoms with Crippen LogP contribution < -0.4 is 30.5 Å². The molecule has 5 aromatic rings. The van der Waals surface area contributed by atoms with E-state index in [4.69, 9.17) is 37.3 Å². The van der Waals surface area contributed by atoms with Gasteiger partial charge in [0.2, 0.25) is 0 Å². The predicted octanol–water partition coefficient (Wildman–Crippen LogP) is 4.53. The number of H-pyrrole nitrogens is 1. The van der Waals surface area contributed by atoms with Crippen molar-refractivity contribution in [2.24, 2.45) is 0 Å². The van der Waals surface area contributed by atoms with Crippen LogP contribution in [0.4, 0.5) is 4.79 Å². The van der Waals surface area contributed by atoms with E-state index in [1.807, 2.05) is 115 Å². The number of aliphatic hydroxyl groups is 1. The molecule has 368 valence electrons. The van der Waals surface area contributed by atoms with Crippen molar-refractivity contribution in [2.45, 2.75) is 73.0 Å². The normalized spacial score (nSPS) is 24.4. The van der Waals surface area contributed by atoms with E-state index in [-0.39, 0.29) is 54.0 Å². The number of nitrogens with zero attached hydrogens (tertiary/aromatic N) is 3. The van der Waals surface area contributed by atoms with E-state index < -0.39 is 84.4 Å². The number of carbonyl (C=O) groups excluding carboxylic acids is 2. The molecule has 4 heterocycles. The van der Waals surface area contributed by atoms with Crippen molar-refractivity contribution in [3.05, 3.63) is 159 Å². The van der Waals surface area contributed by atoms with Crippen molar-refractivity contribution in [2.75, 3.05) is 40.6 Å². The van der Waals surface area contributed by atoms with Gasteiger partial charge in [-0.25, -0.2) is 4.79 Å². The maximum Gasteiger partial charge on any atom is 0.118 e. The molecule has 3 aliphatic rings. The van der Waals surface area contributed by atoms with Crippen molar-refractivity contribution >= 4 is 39.2 Å². The van der Waals surface area contributed by atoms with E-state index >= 15 is 0 Å². The summed E-state index contributed by atoms with van der Waals surface area (Å²) in [4.78, 5) is 55.3. The molecule has 0 radical (unpaired) electrons. The number of hydrogen-bond donors (Lipinski definition) is 3. The molecule has 0 aliphatic carbocycles. The predicted molar refractivity (Wildman–Crippen MR) is 252 cm³/mol. The van der Waals surface area contributed by atoms with Crippen LogP contribution in [0.1, 0.15) is 49.1 Å². The maximum atomic E-state index is 14.9. The van der Waals surface area contributed by atoms with Crippen LogP contribution >= 0.6 is 7.82 Å². The summed E-state index contributed by atoms with van der Waals surface area (Å²) in [6.07, 6.45) is -5.84. The Kier molecular flexibility index (Phi) is 15.9. The zero-order chi connectivity index (χ0) is 49.5. The van der Waals surface area contributed by atoms with Gasteiger partial charge in [-0.05, 0) is 41.0 Å². The second-order valence-electron chi connectivity index (χ2n) is 16.8. The number of aliphatic hydroxyl groups excluding tert-OH is 1. The molecule has 8 atom stereocenters. The van der Waals surface area contributed by atoms with Crippen molar-refractivity contribution in [3.63, 3.8) is 0 Å². The zero-order valence-corrected chi connectivity index (χ0v) is 41.0. The van der Waals surface area contributed by atoms with Gasteiger partial charge in [-0.3, -0.25) is 14.3 Å². The number of imide groups is 1. The number of urea groups is 1. The fourth-order valence-corrected chi connectivity index (χ4v) is 12.4. The Bertz CT molecular complexity index is 2770. The minimum Gasteiger partial charge on any atom is -0.497 e. The Morgan fingerprint density at radius 1 is 0.814 bits per heavy atom. The molecular formula is C49H52N5O14PSe. The number of phosphoric ester groups is 1. The summed E-state index contributed by atoms with van der Waals surface area (Å²) >= 11 is -0.381. The largest absolute Gasteiger partial charge is 0.497 e. The Labute approximate surface area is 409 Å². The average Bonchev–Trinajstić information content (AvgIpc) is 3.94. The summed E-state index contributed by atoms with van der Waals surface area (Å²) in [6, 6.07) is 36.1. The fraction of sp³-hybridized carbons (Fsp3) is 0.367. The minimum atomic E-state index is -4.73. The number of nitriles is 1. The summed E-state index contributed by atoms with van der Waals surface area (Å²) in [5.74, 6) is 0.802. The van der Waals surface area contributed by atoms with Gasteiger partial charge < -0.3 is 18.9 Å². The van der Waals surface area contributed by atoms with Gasteiger partial charge in [0.15, 0.2) is 0 Å². The van der Waals surface area contributed by atoms with Gasteiger partial charge >= 0.3 is 204 Å². The Balaban J connectivity index is 1.07. The van der Waals surface area contributed by atoms with Crippen LogP contribution in [0, 0.1) is 11.3 Å². The van der Waals surface area contributed by atoms with E-state index in [2.05, 4.69) is 10.3 Å². The van der Waals surface area contributed by atoms with Gasteiger partial charge in [0, 0.05) is 12.3 Å². The summed E-state index contributed by atoms with van der Waals surface area (Å²) in [6.45, 7) is 0.601. The van der Waals surface area contributed by atoms with Crippen LogP contribution in [0.15, 0.2) is 131 Å². The molecule has 0 saturated carbocycles. The molecular weight excluding hydrogens is 992 g/mol. The molecule has 1 aromatic heterocycles. The number of amides is 3. The third-order valence-electron chi connectivity index (χ3n) is 12.2. The van der Waals surface area contributed by atoms with Gasteiger partial charge in [0.25, 0.3) is 5.56 Å². The fourth-order valence-electron chi connectivity index (χ4n) is 8.59. The van der Waals surface area contributed by atoms with Crippen LogP contribution in [-0.4, -0.2) is 118 Å². The van der Waals surface area contributed by atoms with Crippen LogP contribution in [0.25, 0.3) is 0 Å². The zero-order valence-electron chi connectivity index (χ0n) is 38.4. The molecule has 3 aliphatic heterocycles. The van der Waals surface area contributed by atoms with E-state index in [1.54, 1.807) is 21.1 Å². The molecule has 19 nitrogen and oxygen atoms in total. The number of methoxy groups -OCH3 is 2. The van der Waals surface area contributed by atoms with Crippen LogP contribution in [-0.2, 0) is 42.7 Å². The molecule has 8 rings (SSSR count). The number of hydrogen-bond acceptors (Lipinski definition) is 15. The molecule has 1 unspecified atom stereocenters. The van der Waals surface area contributed by atoms with Crippen molar-refractivity contribution < 1.29 is 56.5 Å². The van der Waals surface area contributed by atoms with Gasteiger partial charge in [-0.15, -0.1) is 0 Å². The SMILES string of the molecule is COc1ccc(C(OC[C@H]2O[C@@H](n3ccc(=O)[nH]c3=O)C[C@@H]2OP(=O)(OCCC#N)OC[C@H]2O[C@@H](N3C[C@@](C)([Se]c4ccccc4)C(=O)NC3=O)C[C@@H]2O)(c2ccccc2)c2ccc(OC)cc2)cc1.